The van der Waals surface area contributed by atoms with Gasteiger partial charge in [0.15, 0.2) is 5.96 Å². The standard InChI is InChI=1S/C22H36N4O4.HI/c1-23-22(24-10-7-5-6-8-21(27)30-4)25-18-9-11-26(16-18)15-17-12-19(28-2)14-20(13-17)29-3;/h12-14,18H,5-11,15-16H2,1-4H3,(H2,23,24,25);1H. The summed E-state index contributed by atoms with van der Waals surface area (Å²) in [5.74, 6) is 2.32. The van der Waals surface area contributed by atoms with Crippen molar-refractivity contribution in [3.05, 3.63) is 23.8 Å². The zero-order chi connectivity index (χ0) is 21.8. The highest BCUT2D eigenvalue weighted by Gasteiger charge is 2.23. The molecule has 0 spiro atoms. The van der Waals surface area contributed by atoms with Crippen molar-refractivity contribution in [2.75, 3.05) is 48.0 Å². The van der Waals surface area contributed by atoms with Crippen molar-refractivity contribution < 1.29 is 19.0 Å². The first-order chi connectivity index (χ1) is 14.6. The summed E-state index contributed by atoms with van der Waals surface area (Å²) in [6.07, 6.45) is 4.39. The third kappa shape index (κ3) is 9.94. The zero-order valence-electron chi connectivity index (χ0n) is 19.1. The molecule has 1 aromatic carbocycles. The molecule has 2 N–H and O–H groups in total. The van der Waals surface area contributed by atoms with E-state index in [0.29, 0.717) is 12.5 Å². The summed E-state index contributed by atoms with van der Waals surface area (Å²) in [6, 6.07) is 6.37. The van der Waals surface area contributed by atoms with Crippen molar-refractivity contribution in [2.45, 2.75) is 44.7 Å². The number of rotatable bonds is 11. The van der Waals surface area contributed by atoms with Crippen LogP contribution in [0.4, 0.5) is 0 Å². The fourth-order valence-electron chi connectivity index (χ4n) is 3.58. The highest BCUT2D eigenvalue weighted by molar-refractivity contribution is 14.0. The molecule has 0 aliphatic carbocycles. The summed E-state index contributed by atoms with van der Waals surface area (Å²) in [5.41, 5.74) is 1.18. The first-order valence-corrected chi connectivity index (χ1v) is 10.6. The topological polar surface area (TPSA) is 84.4 Å². The van der Waals surface area contributed by atoms with E-state index in [-0.39, 0.29) is 29.9 Å². The molecule has 2 rings (SSSR count). The maximum Gasteiger partial charge on any atom is 0.305 e. The average Bonchev–Trinajstić information content (AvgIpc) is 3.21. The molecule has 9 heteroatoms. The summed E-state index contributed by atoms with van der Waals surface area (Å²) < 4.78 is 15.4. The van der Waals surface area contributed by atoms with E-state index in [9.17, 15) is 4.79 Å². The fourth-order valence-corrected chi connectivity index (χ4v) is 3.58. The number of methoxy groups -OCH3 is 3. The van der Waals surface area contributed by atoms with Gasteiger partial charge in [0.1, 0.15) is 11.5 Å². The molecule has 1 aromatic rings. The molecule has 1 atom stereocenters. The lowest BCUT2D eigenvalue weighted by Gasteiger charge is -2.19. The highest BCUT2D eigenvalue weighted by Crippen LogP contribution is 2.24. The van der Waals surface area contributed by atoms with Crippen molar-refractivity contribution >= 4 is 35.9 Å². The molecule has 1 saturated heterocycles. The summed E-state index contributed by atoms with van der Waals surface area (Å²) in [5, 5.41) is 6.88. The molecule has 0 radical (unpaired) electrons. The van der Waals surface area contributed by atoms with E-state index in [1.807, 2.05) is 6.07 Å². The third-order valence-electron chi connectivity index (χ3n) is 5.23. The first-order valence-electron chi connectivity index (χ1n) is 10.6. The molecular weight excluding hydrogens is 511 g/mol. The highest BCUT2D eigenvalue weighted by atomic mass is 127. The maximum atomic E-state index is 11.1. The molecule has 1 heterocycles. The number of guanidine groups is 1. The molecule has 0 amide bonds. The number of halogens is 1. The Morgan fingerprint density at radius 3 is 2.45 bits per heavy atom. The number of aliphatic imine (C=N–C) groups is 1. The Morgan fingerprint density at radius 2 is 1.84 bits per heavy atom. The fraction of sp³-hybridized carbons (Fsp3) is 0.636. The average molecular weight is 548 g/mol. The van der Waals surface area contributed by atoms with Gasteiger partial charge in [0.25, 0.3) is 0 Å². The van der Waals surface area contributed by atoms with Gasteiger partial charge >= 0.3 is 5.97 Å². The lowest BCUT2D eigenvalue weighted by Crippen LogP contribution is -2.44. The van der Waals surface area contributed by atoms with Gasteiger partial charge in [0, 0.05) is 51.8 Å². The van der Waals surface area contributed by atoms with Crippen molar-refractivity contribution in [3.63, 3.8) is 0 Å². The van der Waals surface area contributed by atoms with E-state index in [2.05, 4.69) is 37.4 Å². The first kappa shape index (κ1) is 27.3. The Balaban J connectivity index is 0.00000480. The lowest BCUT2D eigenvalue weighted by atomic mass is 10.2. The number of carbonyl (C=O) groups is 1. The van der Waals surface area contributed by atoms with Gasteiger partial charge in [-0.3, -0.25) is 14.7 Å². The van der Waals surface area contributed by atoms with Gasteiger partial charge < -0.3 is 24.8 Å². The molecule has 1 aliphatic rings. The number of esters is 1. The largest absolute Gasteiger partial charge is 0.497 e. The summed E-state index contributed by atoms with van der Waals surface area (Å²) in [6.45, 7) is 3.68. The number of nitrogens with zero attached hydrogens (tertiary/aromatic N) is 2. The Kier molecular flexibility index (Phi) is 13.3. The molecule has 1 aliphatic heterocycles. The number of hydrogen-bond donors (Lipinski definition) is 2. The second kappa shape index (κ2) is 15.1. The lowest BCUT2D eigenvalue weighted by molar-refractivity contribution is -0.140. The van der Waals surface area contributed by atoms with Crippen molar-refractivity contribution in [2.24, 2.45) is 4.99 Å². The van der Waals surface area contributed by atoms with Crippen LogP contribution in [0.1, 0.15) is 37.7 Å². The van der Waals surface area contributed by atoms with Crippen LogP contribution in [-0.4, -0.2) is 70.9 Å². The van der Waals surface area contributed by atoms with Gasteiger partial charge in [0.2, 0.25) is 0 Å². The minimum Gasteiger partial charge on any atom is -0.497 e. The number of ether oxygens (including phenoxy) is 3. The van der Waals surface area contributed by atoms with E-state index >= 15 is 0 Å². The van der Waals surface area contributed by atoms with E-state index in [4.69, 9.17) is 9.47 Å². The van der Waals surface area contributed by atoms with Crippen LogP contribution in [0.5, 0.6) is 11.5 Å². The van der Waals surface area contributed by atoms with Crippen LogP contribution in [0.15, 0.2) is 23.2 Å². The van der Waals surface area contributed by atoms with Crippen LogP contribution in [0.3, 0.4) is 0 Å². The summed E-state index contributed by atoms with van der Waals surface area (Å²) >= 11 is 0. The zero-order valence-corrected chi connectivity index (χ0v) is 21.4. The van der Waals surface area contributed by atoms with Crippen LogP contribution in [0.25, 0.3) is 0 Å². The third-order valence-corrected chi connectivity index (χ3v) is 5.23. The van der Waals surface area contributed by atoms with Crippen LogP contribution in [0.2, 0.25) is 0 Å². The smallest absolute Gasteiger partial charge is 0.305 e. The summed E-state index contributed by atoms with van der Waals surface area (Å²) in [7, 11) is 6.57. The van der Waals surface area contributed by atoms with Crippen LogP contribution >= 0.6 is 24.0 Å². The van der Waals surface area contributed by atoms with Gasteiger partial charge in [0.05, 0.1) is 21.3 Å². The summed E-state index contributed by atoms with van der Waals surface area (Å²) in [4.78, 5) is 17.9. The molecule has 1 fully saturated rings. The second-order valence-electron chi connectivity index (χ2n) is 7.47. The number of unbranched alkanes of at least 4 members (excludes halogenated alkanes) is 2. The number of likely N-dealkylation sites (tertiary alicyclic amines) is 1. The van der Waals surface area contributed by atoms with E-state index in [1.165, 1.54) is 12.7 Å². The molecular formula is C22H37IN4O4. The molecule has 176 valence electrons. The van der Waals surface area contributed by atoms with Crippen molar-refractivity contribution in [3.8, 4) is 11.5 Å². The monoisotopic (exact) mass is 548 g/mol. The normalized spacial score (nSPS) is 16.4. The molecule has 0 bridgehead atoms. The van der Waals surface area contributed by atoms with Crippen molar-refractivity contribution in [1.82, 2.24) is 15.5 Å². The molecule has 0 saturated carbocycles. The molecule has 0 aromatic heterocycles. The van der Waals surface area contributed by atoms with Crippen molar-refractivity contribution in [1.29, 1.82) is 0 Å². The van der Waals surface area contributed by atoms with E-state index < -0.39 is 0 Å². The van der Waals surface area contributed by atoms with Gasteiger partial charge in [-0.25, -0.2) is 0 Å². The maximum absolute atomic E-state index is 11.1. The van der Waals surface area contributed by atoms with Gasteiger partial charge in [-0.05, 0) is 37.0 Å². The SMILES string of the molecule is CN=C(NCCCCCC(=O)OC)NC1CCN(Cc2cc(OC)cc(OC)c2)C1.I. The molecule has 1 unspecified atom stereocenters. The van der Waals surface area contributed by atoms with Gasteiger partial charge in [-0.1, -0.05) is 6.42 Å². The molecule has 31 heavy (non-hydrogen) atoms. The Bertz CT molecular complexity index is 680. The van der Waals surface area contributed by atoms with Gasteiger partial charge in [-0.2, -0.15) is 0 Å². The van der Waals surface area contributed by atoms with E-state index in [0.717, 1.165) is 69.3 Å². The number of carbonyl (C=O) groups excluding carboxylic acids is 1. The van der Waals surface area contributed by atoms with Crippen LogP contribution in [0, 0.1) is 0 Å². The minimum atomic E-state index is -0.140. The van der Waals surface area contributed by atoms with Gasteiger partial charge in [-0.15, -0.1) is 24.0 Å². The molecule has 8 nitrogen and oxygen atoms in total. The predicted molar refractivity (Wildman–Crippen MR) is 134 cm³/mol. The number of nitrogens with one attached hydrogen (secondary N) is 2. The Hall–Kier alpha value is -1.75. The number of hydrogen-bond acceptors (Lipinski definition) is 6. The second-order valence-corrected chi connectivity index (χ2v) is 7.47. The van der Waals surface area contributed by atoms with E-state index in [1.54, 1.807) is 21.3 Å². The predicted octanol–water partition coefficient (Wildman–Crippen LogP) is 2.79. The van der Waals surface area contributed by atoms with Crippen LogP contribution < -0.4 is 20.1 Å². The number of benzene rings is 1. The Morgan fingerprint density at radius 1 is 1.13 bits per heavy atom. The van der Waals surface area contributed by atoms with Crippen LogP contribution in [-0.2, 0) is 16.1 Å². The quantitative estimate of drug-likeness (QED) is 0.145. The Labute approximate surface area is 203 Å². The minimum absolute atomic E-state index is 0.